The summed E-state index contributed by atoms with van der Waals surface area (Å²) in [6.07, 6.45) is -1.33. The second kappa shape index (κ2) is 6.05. The fourth-order valence-corrected chi connectivity index (χ4v) is 2.28. The topological polar surface area (TPSA) is 115 Å². The first kappa shape index (κ1) is 16.4. The number of benzene rings is 1. The van der Waals surface area contributed by atoms with Crippen LogP contribution in [0.3, 0.4) is 0 Å². The number of ketones is 1. The molecule has 23 heavy (non-hydrogen) atoms. The van der Waals surface area contributed by atoms with E-state index >= 15 is 0 Å². The van der Waals surface area contributed by atoms with Gasteiger partial charge in [0.05, 0.1) is 12.7 Å². The lowest BCUT2D eigenvalue weighted by Gasteiger charge is -2.37. The van der Waals surface area contributed by atoms with Gasteiger partial charge >= 0.3 is 12.1 Å². The highest BCUT2D eigenvalue weighted by Gasteiger charge is 2.61. The highest BCUT2D eigenvalue weighted by Crippen LogP contribution is 2.34. The average Bonchev–Trinajstić information content (AvgIpc) is 2.54. The van der Waals surface area contributed by atoms with Crippen LogP contribution < -0.4 is 4.74 Å². The molecule has 1 amide bonds. The van der Waals surface area contributed by atoms with Crippen LogP contribution in [0, 0.1) is 0 Å². The van der Waals surface area contributed by atoms with E-state index in [0.717, 1.165) is 7.11 Å². The second-order valence-electron chi connectivity index (χ2n) is 4.57. The monoisotopic (exact) mass is 322 g/mol. The summed E-state index contributed by atoms with van der Waals surface area (Å²) in [4.78, 5) is 41.7. The molecule has 9 heteroatoms. The number of amides is 1. The zero-order chi connectivity index (χ0) is 17.2. The van der Waals surface area contributed by atoms with Gasteiger partial charge in [0.25, 0.3) is 5.54 Å². The highest BCUT2D eigenvalue weighted by molar-refractivity contribution is 6.35. The smallest absolute Gasteiger partial charge is 0.435 e. The van der Waals surface area contributed by atoms with Crippen LogP contribution in [0.25, 0.3) is 0 Å². The SMILES string of the molecule is CO/N=C(\C)[C@@]1(N(O)C(=O)OC)C(=O)Oc2ccccc2C1=O. The third-order valence-electron chi connectivity index (χ3n) is 3.38. The molecule has 0 unspecified atom stereocenters. The summed E-state index contributed by atoms with van der Waals surface area (Å²) < 4.78 is 9.48. The van der Waals surface area contributed by atoms with Crippen LogP contribution in [0.15, 0.2) is 29.4 Å². The molecule has 1 aromatic carbocycles. The molecule has 1 aliphatic rings. The summed E-state index contributed by atoms with van der Waals surface area (Å²) in [5, 5.41) is 13.5. The minimum atomic E-state index is -2.53. The standard InChI is InChI=1S/C14H14N2O7/c1-8(15-22-3)14(16(20)13(19)21-2)11(17)9-6-4-5-7-10(9)23-12(14)18/h4-7,20H,1-3H3/b15-8+/t14-/m0/s1. The van der Waals surface area contributed by atoms with Crippen molar-refractivity contribution in [3.05, 3.63) is 29.8 Å². The number of carbonyl (C=O) groups is 3. The first-order chi connectivity index (χ1) is 10.9. The Morgan fingerprint density at radius 2 is 1.96 bits per heavy atom. The van der Waals surface area contributed by atoms with E-state index < -0.39 is 23.4 Å². The van der Waals surface area contributed by atoms with Gasteiger partial charge in [-0.2, -0.15) is 5.06 Å². The molecule has 0 saturated carbocycles. The molecule has 1 heterocycles. The van der Waals surface area contributed by atoms with Crippen LogP contribution in [0.2, 0.25) is 0 Å². The molecule has 0 aliphatic carbocycles. The fraction of sp³-hybridized carbons (Fsp3) is 0.286. The molecule has 1 aromatic rings. The molecular formula is C14H14N2O7. The number of nitrogens with zero attached hydrogens (tertiary/aromatic N) is 2. The summed E-state index contributed by atoms with van der Waals surface area (Å²) in [7, 11) is 2.16. The van der Waals surface area contributed by atoms with E-state index in [-0.39, 0.29) is 22.1 Å². The van der Waals surface area contributed by atoms with E-state index in [1.165, 1.54) is 26.2 Å². The van der Waals surface area contributed by atoms with Crippen LogP contribution in [-0.4, -0.2) is 53.6 Å². The Morgan fingerprint density at radius 1 is 1.30 bits per heavy atom. The van der Waals surface area contributed by atoms with Crippen molar-refractivity contribution in [3.8, 4) is 5.75 Å². The number of methoxy groups -OCH3 is 1. The van der Waals surface area contributed by atoms with Gasteiger partial charge in [-0.15, -0.1) is 0 Å². The minimum Gasteiger partial charge on any atom is -0.451 e. The summed E-state index contributed by atoms with van der Waals surface area (Å²) in [6.45, 7) is 1.24. The third-order valence-corrected chi connectivity index (χ3v) is 3.38. The van der Waals surface area contributed by atoms with Crippen molar-refractivity contribution in [2.24, 2.45) is 5.16 Å². The highest BCUT2D eigenvalue weighted by atomic mass is 16.6. The lowest BCUT2D eigenvalue weighted by molar-refractivity contribution is -0.162. The molecular weight excluding hydrogens is 308 g/mol. The molecule has 2 rings (SSSR count). The van der Waals surface area contributed by atoms with Crippen molar-refractivity contribution < 1.29 is 33.9 Å². The molecule has 9 nitrogen and oxygen atoms in total. The summed E-state index contributed by atoms with van der Waals surface area (Å²) in [5.41, 5.74) is -2.82. The Balaban J connectivity index is 2.72. The molecule has 0 fully saturated rings. The van der Waals surface area contributed by atoms with Crippen LogP contribution in [0.4, 0.5) is 4.79 Å². The van der Waals surface area contributed by atoms with Crippen molar-refractivity contribution in [2.45, 2.75) is 12.5 Å². The fourth-order valence-electron chi connectivity index (χ4n) is 2.28. The maximum atomic E-state index is 12.9. The van der Waals surface area contributed by atoms with Crippen molar-refractivity contribution in [1.82, 2.24) is 5.06 Å². The molecule has 0 radical (unpaired) electrons. The zero-order valence-corrected chi connectivity index (χ0v) is 12.6. The van der Waals surface area contributed by atoms with E-state index in [9.17, 15) is 19.6 Å². The van der Waals surface area contributed by atoms with E-state index in [2.05, 4.69) is 14.7 Å². The van der Waals surface area contributed by atoms with Crippen molar-refractivity contribution in [3.63, 3.8) is 0 Å². The second-order valence-corrected chi connectivity index (χ2v) is 4.57. The Bertz CT molecular complexity index is 700. The Morgan fingerprint density at radius 3 is 2.57 bits per heavy atom. The van der Waals surface area contributed by atoms with Crippen LogP contribution in [0.1, 0.15) is 17.3 Å². The number of fused-ring (bicyclic) bond motifs is 1. The number of esters is 1. The normalized spacial score (nSPS) is 20.4. The van der Waals surface area contributed by atoms with Gasteiger partial charge in [0.1, 0.15) is 18.6 Å². The lowest BCUT2D eigenvalue weighted by atomic mass is 9.82. The largest absolute Gasteiger partial charge is 0.451 e. The number of ether oxygens (including phenoxy) is 2. The van der Waals surface area contributed by atoms with Gasteiger partial charge in [0, 0.05) is 0 Å². The molecule has 1 N–H and O–H groups in total. The van der Waals surface area contributed by atoms with Crippen LogP contribution >= 0.6 is 0 Å². The van der Waals surface area contributed by atoms with Crippen molar-refractivity contribution >= 4 is 23.6 Å². The molecule has 0 aromatic heterocycles. The van der Waals surface area contributed by atoms with Gasteiger partial charge in [-0.25, -0.2) is 9.59 Å². The number of para-hydroxylation sites is 1. The first-order valence-corrected chi connectivity index (χ1v) is 6.42. The first-order valence-electron chi connectivity index (χ1n) is 6.42. The molecule has 0 saturated heterocycles. The number of hydrogen-bond acceptors (Lipinski definition) is 8. The predicted octanol–water partition coefficient (Wildman–Crippen LogP) is 1.01. The van der Waals surface area contributed by atoms with E-state index in [1.54, 1.807) is 12.1 Å². The Kier molecular flexibility index (Phi) is 4.32. The van der Waals surface area contributed by atoms with Gasteiger partial charge in [-0.1, -0.05) is 17.3 Å². The number of oxime groups is 1. The minimum absolute atomic E-state index is 0.000654. The lowest BCUT2D eigenvalue weighted by Crippen LogP contribution is -2.68. The molecule has 0 spiro atoms. The molecule has 122 valence electrons. The van der Waals surface area contributed by atoms with E-state index in [0.29, 0.717) is 0 Å². The van der Waals surface area contributed by atoms with Crippen molar-refractivity contribution in [2.75, 3.05) is 14.2 Å². The number of hydrogen-bond donors (Lipinski definition) is 1. The zero-order valence-electron chi connectivity index (χ0n) is 12.6. The summed E-state index contributed by atoms with van der Waals surface area (Å²) in [5.74, 6) is -2.08. The summed E-state index contributed by atoms with van der Waals surface area (Å²) >= 11 is 0. The maximum absolute atomic E-state index is 12.9. The number of Topliss-reactive ketones (excluding diaryl/α,β-unsaturated/α-hetero) is 1. The number of rotatable bonds is 3. The number of hydroxylamine groups is 2. The van der Waals surface area contributed by atoms with Gasteiger partial charge in [-0.05, 0) is 19.1 Å². The van der Waals surface area contributed by atoms with Gasteiger partial charge < -0.3 is 14.3 Å². The van der Waals surface area contributed by atoms with Gasteiger partial charge in [0.15, 0.2) is 0 Å². The van der Waals surface area contributed by atoms with Gasteiger partial charge in [0.2, 0.25) is 5.78 Å². The summed E-state index contributed by atoms with van der Waals surface area (Å²) in [6, 6.07) is 5.92. The predicted molar refractivity (Wildman–Crippen MR) is 75.3 cm³/mol. The Labute approximate surface area is 131 Å². The third kappa shape index (κ3) is 2.30. The molecule has 0 bridgehead atoms. The molecule has 1 atom stereocenters. The quantitative estimate of drug-likeness (QED) is 0.220. The van der Waals surface area contributed by atoms with Crippen molar-refractivity contribution in [1.29, 1.82) is 0 Å². The van der Waals surface area contributed by atoms with Gasteiger partial charge in [-0.3, -0.25) is 10.0 Å². The maximum Gasteiger partial charge on any atom is 0.435 e. The number of carbonyl (C=O) groups excluding carboxylic acids is 3. The average molecular weight is 322 g/mol. The van der Waals surface area contributed by atoms with Crippen LogP contribution in [-0.2, 0) is 14.4 Å². The molecule has 1 aliphatic heterocycles. The van der Waals surface area contributed by atoms with E-state index in [1.807, 2.05) is 0 Å². The van der Waals surface area contributed by atoms with Crippen LogP contribution in [0.5, 0.6) is 5.75 Å². The van der Waals surface area contributed by atoms with E-state index in [4.69, 9.17) is 4.74 Å². The Hall–Kier alpha value is -2.94.